The van der Waals surface area contributed by atoms with E-state index < -0.39 is 5.97 Å². The quantitative estimate of drug-likeness (QED) is 0.853. The molecule has 0 atom stereocenters. The van der Waals surface area contributed by atoms with Crippen LogP contribution in [0.2, 0.25) is 0 Å². The summed E-state index contributed by atoms with van der Waals surface area (Å²) in [6.45, 7) is 1.88. The van der Waals surface area contributed by atoms with Crippen LogP contribution in [-0.4, -0.2) is 27.6 Å². The molecule has 0 amide bonds. The second-order valence-corrected chi connectivity index (χ2v) is 3.36. The number of hydrogen-bond acceptors (Lipinski definition) is 3. The van der Waals surface area contributed by atoms with Gasteiger partial charge in [-0.25, -0.2) is 9.78 Å². The maximum absolute atomic E-state index is 11.1. The standard InChI is InChI=1S/C11H12N2O3/c1-3-8-10(11(14)15)13-5-4-7(16-2)6-9(13)12-8/h4-6H,3H2,1-2H3,(H,14,15). The van der Waals surface area contributed by atoms with Gasteiger partial charge in [0.15, 0.2) is 5.69 Å². The molecule has 84 valence electrons. The van der Waals surface area contributed by atoms with Crippen LogP contribution in [0.1, 0.15) is 23.1 Å². The molecule has 0 aliphatic rings. The van der Waals surface area contributed by atoms with Crippen LogP contribution in [0, 0.1) is 0 Å². The lowest BCUT2D eigenvalue weighted by atomic mass is 10.2. The van der Waals surface area contributed by atoms with Gasteiger partial charge in [0.1, 0.15) is 11.4 Å². The molecule has 2 heterocycles. The van der Waals surface area contributed by atoms with Crippen molar-refractivity contribution in [2.24, 2.45) is 0 Å². The first-order valence-electron chi connectivity index (χ1n) is 4.95. The van der Waals surface area contributed by atoms with Gasteiger partial charge in [0, 0.05) is 12.3 Å². The molecule has 0 radical (unpaired) electrons. The van der Waals surface area contributed by atoms with Crippen molar-refractivity contribution in [1.29, 1.82) is 0 Å². The fourth-order valence-corrected chi connectivity index (χ4v) is 1.67. The number of aryl methyl sites for hydroxylation is 1. The van der Waals surface area contributed by atoms with E-state index in [1.807, 2.05) is 6.92 Å². The minimum Gasteiger partial charge on any atom is -0.497 e. The van der Waals surface area contributed by atoms with Crippen molar-refractivity contribution in [3.05, 3.63) is 29.7 Å². The van der Waals surface area contributed by atoms with Gasteiger partial charge in [0.2, 0.25) is 0 Å². The van der Waals surface area contributed by atoms with Gasteiger partial charge in [-0.3, -0.25) is 4.40 Å². The molecule has 0 fully saturated rings. The van der Waals surface area contributed by atoms with Crippen LogP contribution in [0.15, 0.2) is 18.3 Å². The van der Waals surface area contributed by atoms with E-state index in [0.717, 1.165) is 0 Å². The Balaban J connectivity index is 2.72. The van der Waals surface area contributed by atoms with Crippen molar-refractivity contribution in [1.82, 2.24) is 9.38 Å². The molecule has 2 aromatic rings. The van der Waals surface area contributed by atoms with Crippen LogP contribution in [0.3, 0.4) is 0 Å². The number of rotatable bonds is 3. The summed E-state index contributed by atoms with van der Waals surface area (Å²) in [4.78, 5) is 15.4. The minimum absolute atomic E-state index is 0.222. The Morgan fingerprint density at radius 1 is 1.62 bits per heavy atom. The maximum atomic E-state index is 11.1. The highest BCUT2D eigenvalue weighted by Gasteiger charge is 2.17. The number of aromatic carboxylic acids is 1. The van der Waals surface area contributed by atoms with E-state index in [1.54, 1.807) is 29.8 Å². The molecule has 5 nitrogen and oxygen atoms in total. The molecular weight excluding hydrogens is 208 g/mol. The average Bonchev–Trinajstić information content (AvgIpc) is 2.65. The Kier molecular flexibility index (Phi) is 2.52. The van der Waals surface area contributed by atoms with Crippen molar-refractivity contribution in [2.75, 3.05) is 7.11 Å². The molecule has 16 heavy (non-hydrogen) atoms. The highest BCUT2D eigenvalue weighted by atomic mass is 16.5. The molecular formula is C11H12N2O3. The van der Waals surface area contributed by atoms with Crippen LogP contribution in [0.25, 0.3) is 5.65 Å². The molecule has 0 bridgehead atoms. The van der Waals surface area contributed by atoms with Gasteiger partial charge >= 0.3 is 5.97 Å². The number of aromatic nitrogens is 2. The first-order chi connectivity index (χ1) is 7.67. The van der Waals surface area contributed by atoms with Crippen molar-refractivity contribution in [3.8, 4) is 5.75 Å². The second kappa shape index (κ2) is 3.84. The normalized spacial score (nSPS) is 10.6. The number of imidazole rings is 1. The summed E-state index contributed by atoms with van der Waals surface area (Å²) in [5.41, 5.74) is 1.40. The molecule has 1 N–H and O–H groups in total. The van der Waals surface area contributed by atoms with Crippen molar-refractivity contribution < 1.29 is 14.6 Å². The Hall–Kier alpha value is -2.04. The summed E-state index contributed by atoms with van der Waals surface area (Å²) >= 11 is 0. The zero-order valence-corrected chi connectivity index (χ0v) is 9.10. The number of carbonyl (C=O) groups is 1. The minimum atomic E-state index is -0.963. The van der Waals surface area contributed by atoms with E-state index in [9.17, 15) is 4.79 Å². The topological polar surface area (TPSA) is 63.8 Å². The van der Waals surface area contributed by atoms with E-state index >= 15 is 0 Å². The van der Waals surface area contributed by atoms with E-state index in [-0.39, 0.29) is 5.69 Å². The number of hydrogen-bond donors (Lipinski definition) is 1. The summed E-state index contributed by atoms with van der Waals surface area (Å²) in [6.07, 6.45) is 2.25. The van der Waals surface area contributed by atoms with E-state index in [0.29, 0.717) is 23.5 Å². The molecule has 0 aliphatic heterocycles. The molecule has 0 saturated carbocycles. The Morgan fingerprint density at radius 3 is 2.94 bits per heavy atom. The number of pyridine rings is 1. The van der Waals surface area contributed by atoms with Gasteiger partial charge in [0.05, 0.1) is 12.8 Å². The first kappa shape index (κ1) is 10.5. The monoisotopic (exact) mass is 220 g/mol. The van der Waals surface area contributed by atoms with Crippen molar-refractivity contribution >= 4 is 11.6 Å². The third-order valence-electron chi connectivity index (χ3n) is 2.44. The van der Waals surface area contributed by atoms with Crippen LogP contribution in [-0.2, 0) is 6.42 Å². The summed E-state index contributed by atoms with van der Waals surface area (Å²) < 4.78 is 6.62. The van der Waals surface area contributed by atoms with Gasteiger partial charge < -0.3 is 9.84 Å². The van der Waals surface area contributed by atoms with E-state index in [2.05, 4.69) is 4.98 Å². The van der Waals surface area contributed by atoms with Crippen LogP contribution >= 0.6 is 0 Å². The zero-order chi connectivity index (χ0) is 11.7. The van der Waals surface area contributed by atoms with Crippen LogP contribution in [0.4, 0.5) is 0 Å². The smallest absolute Gasteiger partial charge is 0.354 e. The van der Waals surface area contributed by atoms with Crippen LogP contribution in [0.5, 0.6) is 5.75 Å². The lowest BCUT2D eigenvalue weighted by molar-refractivity contribution is 0.0688. The molecule has 0 aromatic carbocycles. The van der Waals surface area contributed by atoms with Gasteiger partial charge in [-0.15, -0.1) is 0 Å². The summed E-state index contributed by atoms with van der Waals surface area (Å²) in [5, 5.41) is 9.12. The number of methoxy groups -OCH3 is 1. The van der Waals surface area contributed by atoms with Crippen LogP contribution < -0.4 is 4.74 Å². The van der Waals surface area contributed by atoms with E-state index in [1.165, 1.54) is 0 Å². The Morgan fingerprint density at radius 2 is 2.38 bits per heavy atom. The van der Waals surface area contributed by atoms with Crippen molar-refractivity contribution in [2.45, 2.75) is 13.3 Å². The van der Waals surface area contributed by atoms with Gasteiger partial charge in [-0.1, -0.05) is 6.92 Å². The lowest BCUT2D eigenvalue weighted by Gasteiger charge is -2.00. The Bertz CT molecular complexity index is 545. The fraction of sp³-hybridized carbons (Fsp3) is 0.273. The molecule has 2 rings (SSSR count). The number of carboxylic acid groups (broad SMARTS) is 1. The maximum Gasteiger partial charge on any atom is 0.354 e. The van der Waals surface area contributed by atoms with Crippen molar-refractivity contribution in [3.63, 3.8) is 0 Å². The number of carboxylic acids is 1. The van der Waals surface area contributed by atoms with Gasteiger partial charge in [-0.2, -0.15) is 0 Å². The fourth-order valence-electron chi connectivity index (χ4n) is 1.67. The predicted molar refractivity (Wildman–Crippen MR) is 58.1 cm³/mol. The summed E-state index contributed by atoms with van der Waals surface area (Å²) in [6, 6.07) is 3.42. The zero-order valence-electron chi connectivity index (χ0n) is 9.10. The highest BCUT2D eigenvalue weighted by molar-refractivity contribution is 5.88. The molecule has 0 aliphatic carbocycles. The SMILES string of the molecule is CCc1nc2cc(OC)ccn2c1C(=O)O. The summed E-state index contributed by atoms with van der Waals surface area (Å²) in [7, 11) is 1.56. The second-order valence-electron chi connectivity index (χ2n) is 3.36. The molecule has 0 unspecified atom stereocenters. The van der Waals surface area contributed by atoms with Gasteiger partial charge in [-0.05, 0) is 12.5 Å². The third kappa shape index (κ3) is 1.50. The van der Waals surface area contributed by atoms with Gasteiger partial charge in [0.25, 0.3) is 0 Å². The predicted octanol–water partition coefficient (Wildman–Crippen LogP) is 1.60. The van der Waals surface area contributed by atoms with E-state index in [4.69, 9.17) is 9.84 Å². The number of ether oxygens (including phenoxy) is 1. The average molecular weight is 220 g/mol. The molecule has 0 spiro atoms. The number of fused-ring (bicyclic) bond motifs is 1. The largest absolute Gasteiger partial charge is 0.497 e. The molecule has 5 heteroatoms. The molecule has 0 saturated heterocycles. The summed E-state index contributed by atoms with van der Waals surface area (Å²) in [5.74, 6) is -0.299. The third-order valence-corrected chi connectivity index (χ3v) is 2.44. The highest BCUT2D eigenvalue weighted by Crippen LogP contribution is 2.18. The lowest BCUT2D eigenvalue weighted by Crippen LogP contribution is -2.04. The molecule has 2 aromatic heterocycles. The number of nitrogens with zero attached hydrogens (tertiary/aromatic N) is 2. The first-order valence-corrected chi connectivity index (χ1v) is 4.95. The Labute approximate surface area is 92.3 Å².